The normalized spacial score (nSPS) is 18.9. The average molecular weight is 476 g/mol. The Kier molecular flexibility index (Phi) is 5.44. The van der Waals surface area contributed by atoms with Gasteiger partial charge in [-0.2, -0.15) is 4.31 Å². The van der Waals surface area contributed by atoms with Crippen molar-refractivity contribution in [2.24, 2.45) is 0 Å². The summed E-state index contributed by atoms with van der Waals surface area (Å²) in [7, 11) is -3.78. The van der Waals surface area contributed by atoms with Gasteiger partial charge in [-0.3, -0.25) is 9.59 Å². The number of carbonyl (C=O) groups excluding carboxylic acids is 2. The number of hydrogen-bond donors (Lipinski definition) is 0. The first-order valence-corrected chi connectivity index (χ1v) is 12.4. The van der Waals surface area contributed by atoms with Crippen LogP contribution in [0.5, 0.6) is 0 Å². The van der Waals surface area contributed by atoms with Gasteiger partial charge in [0.15, 0.2) is 11.6 Å². The summed E-state index contributed by atoms with van der Waals surface area (Å²) in [4.78, 5) is 28.3. The lowest BCUT2D eigenvalue weighted by molar-refractivity contribution is -0.119. The van der Waals surface area contributed by atoms with Crippen molar-refractivity contribution in [1.29, 1.82) is 0 Å². The molecule has 10 heteroatoms. The monoisotopic (exact) mass is 475 g/mol. The van der Waals surface area contributed by atoms with E-state index in [0.29, 0.717) is 19.4 Å². The van der Waals surface area contributed by atoms with Crippen LogP contribution in [0, 0.1) is 11.6 Å². The van der Waals surface area contributed by atoms with E-state index in [1.807, 2.05) is 0 Å². The molecule has 3 aliphatic heterocycles. The number of amides is 2. The number of piperazine rings is 1. The Balaban J connectivity index is 1.34. The number of rotatable bonds is 3. The molecule has 0 aliphatic carbocycles. The second-order valence-corrected chi connectivity index (χ2v) is 10.5. The Morgan fingerprint density at radius 3 is 2.24 bits per heavy atom. The Hall–Kier alpha value is -2.85. The Labute approximate surface area is 190 Å². The highest BCUT2D eigenvalue weighted by atomic mass is 32.2. The number of nitrogens with zero attached hydrogens (tertiary/aromatic N) is 3. The van der Waals surface area contributed by atoms with Crippen LogP contribution in [0.15, 0.2) is 35.2 Å². The summed E-state index contributed by atoms with van der Waals surface area (Å²) in [5.41, 5.74) is 2.67. The molecule has 1 fully saturated rings. The summed E-state index contributed by atoms with van der Waals surface area (Å²) in [5, 5.41) is 0. The SMILES string of the molecule is O=C(c1ccc(F)c(F)c1)N1CCN(S(=O)(=O)c2cc3c4c(c2)CCC(=O)N4CCC3)CC1. The predicted octanol–water partition coefficient (Wildman–Crippen LogP) is 2.34. The number of carbonyl (C=O) groups is 2. The first-order chi connectivity index (χ1) is 15.8. The number of hydrogen-bond acceptors (Lipinski definition) is 4. The van der Waals surface area contributed by atoms with Gasteiger partial charge in [-0.05, 0) is 60.7 Å². The maximum absolute atomic E-state index is 13.5. The molecule has 5 rings (SSSR count). The van der Waals surface area contributed by atoms with Crippen LogP contribution < -0.4 is 4.90 Å². The Morgan fingerprint density at radius 1 is 0.848 bits per heavy atom. The van der Waals surface area contributed by atoms with Crippen LogP contribution in [0.1, 0.15) is 34.3 Å². The highest BCUT2D eigenvalue weighted by molar-refractivity contribution is 7.89. The molecule has 1 saturated heterocycles. The zero-order valence-electron chi connectivity index (χ0n) is 17.9. The van der Waals surface area contributed by atoms with Crippen LogP contribution in [0.25, 0.3) is 0 Å². The molecule has 0 N–H and O–H groups in total. The van der Waals surface area contributed by atoms with Gasteiger partial charge in [0.1, 0.15) is 0 Å². The molecule has 0 bridgehead atoms. The van der Waals surface area contributed by atoms with Crippen LogP contribution in [-0.2, 0) is 27.7 Å². The minimum atomic E-state index is -3.78. The third kappa shape index (κ3) is 3.80. The fraction of sp³-hybridized carbons (Fsp3) is 0.391. The van der Waals surface area contributed by atoms with Crippen LogP contribution in [0.2, 0.25) is 0 Å². The standard InChI is InChI=1S/C23H23F2N3O4S/c24-19-5-3-17(14-20(19)25)23(30)26-8-10-27(11-9-26)33(31,32)18-12-15-2-1-7-28-21(29)6-4-16(13-18)22(15)28/h3,5,12-14H,1-2,4,6-11H2. The first-order valence-electron chi connectivity index (χ1n) is 11.0. The first kappa shape index (κ1) is 22.0. The van der Waals surface area contributed by atoms with E-state index < -0.39 is 27.6 Å². The summed E-state index contributed by atoms with van der Waals surface area (Å²) in [5.74, 6) is -2.51. The van der Waals surface area contributed by atoms with Gasteiger partial charge >= 0.3 is 0 Å². The van der Waals surface area contributed by atoms with Gasteiger partial charge in [0.2, 0.25) is 15.9 Å². The summed E-state index contributed by atoms with van der Waals surface area (Å²) in [6.45, 7) is 1.18. The molecule has 7 nitrogen and oxygen atoms in total. The zero-order chi connectivity index (χ0) is 23.3. The zero-order valence-corrected chi connectivity index (χ0v) is 18.7. The van der Waals surface area contributed by atoms with Gasteiger partial charge < -0.3 is 9.80 Å². The number of sulfonamides is 1. The molecule has 3 aliphatic rings. The molecular weight excluding hydrogens is 452 g/mol. The number of benzene rings is 2. The quantitative estimate of drug-likeness (QED) is 0.683. The largest absolute Gasteiger partial charge is 0.336 e. The number of aryl methyl sites for hydroxylation is 2. The highest BCUT2D eigenvalue weighted by Gasteiger charge is 2.34. The third-order valence-corrected chi connectivity index (χ3v) is 8.45. The Bertz CT molecular complexity index is 1240. The smallest absolute Gasteiger partial charge is 0.254 e. The van der Waals surface area contributed by atoms with E-state index in [0.717, 1.165) is 41.8 Å². The topological polar surface area (TPSA) is 78.0 Å². The van der Waals surface area contributed by atoms with Crippen LogP contribution in [0.3, 0.4) is 0 Å². The molecule has 2 aromatic rings. The Morgan fingerprint density at radius 2 is 1.55 bits per heavy atom. The number of halogens is 2. The van der Waals surface area contributed by atoms with Crippen molar-refractivity contribution in [3.05, 3.63) is 58.7 Å². The summed E-state index contributed by atoms with van der Waals surface area (Å²) in [6.07, 6.45) is 2.43. The molecule has 33 heavy (non-hydrogen) atoms. The lowest BCUT2D eigenvalue weighted by Crippen LogP contribution is -2.50. The number of anilines is 1. The lowest BCUT2D eigenvalue weighted by Gasteiger charge is -2.37. The van der Waals surface area contributed by atoms with E-state index in [9.17, 15) is 26.8 Å². The van der Waals surface area contributed by atoms with E-state index in [1.54, 1.807) is 17.0 Å². The molecule has 2 aromatic carbocycles. The van der Waals surface area contributed by atoms with Crippen LogP contribution in [0.4, 0.5) is 14.5 Å². The van der Waals surface area contributed by atoms with Gasteiger partial charge in [-0.15, -0.1) is 0 Å². The molecule has 0 spiro atoms. The van der Waals surface area contributed by atoms with Gasteiger partial charge in [0.25, 0.3) is 5.91 Å². The predicted molar refractivity (Wildman–Crippen MR) is 116 cm³/mol. The van der Waals surface area contributed by atoms with Crippen molar-refractivity contribution in [1.82, 2.24) is 9.21 Å². The third-order valence-electron chi connectivity index (χ3n) is 6.58. The van der Waals surface area contributed by atoms with E-state index in [1.165, 1.54) is 15.3 Å². The molecule has 2 amide bonds. The van der Waals surface area contributed by atoms with E-state index in [2.05, 4.69) is 0 Å². The van der Waals surface area contributed by atoms with Crippen molar-refractivity contribution in [2.75, 3.05) is 37.6 Å². The second-order valence-electron chi connectivity index (χ2n) is 8.56. The molecular formula is C23H23F2N3O4S. The van der Waals surface area contributed by atoms with E-state index >= 15 is 0 Å². The highest BCUT2D eigenvalue weighted by Crippen LogP contribution is 2.38. The fourth-order valence-corrected chi connectivity index (χ4v) is 6.39. The molecule has 0 aromatic heterocycles. The van der Waals surface area contributed by atoms with Crippen molar-refractivity contribution in [2.45, 2.75) is 30.6 Å². The molecule has 174 valence electrons. The van der Waals surface area contributed by atoms with Crippen LogP contribution in [-0.4, -0.2) is 62.2 Å². The molecule has 0 radical (unpaired) electrons. The van der Waals surface area contributed by atoms with E-state index in [4.69, 9.17) is 0 Å². The van der Waals surface area contributed by atoms with E-state index in [-0.39, 0.29) is 42.5 Å². The molecule has 0 unspecified atom stereocenters. The van der Waals surface area contributed by atoms with Gasteiger partial charge in [0, 0.05) is 44.7 Å². The second kappa shape index (κ2) is 8.18. The molecule has 0 atom stereocenters. The van der Waals surface area contributed by atoms with Gasteiger partial charge in [-0.1, -0.05) is 0 Å². The van der Waals surface area contributed by atoms with Gasteiger partial charge in [-0.25, -0.2) is 17.2 Å². The van der Waals surface area contributed by atoms with Crippen molar-refractivity contribution < 1.29 is 26.8 Å². The maximum atomic E-state index is 13.5. The molecule has 3 heterocycles. The van der Waals surface area contributed by atoms with Crippen molar-refractivity contribution in [3.8, 4) is 0 Å². The van der Waals surface area contributed by atoms with Crippen molar-refractivity contribution in [3.63, 3.8) is 0 Å². The average Bonchev–Trinajstić information content (AvgIpc) is 2.82. The minimum Gasteiger partial charge on any atom is -0.336 e. The fourth-order valence-electron chi connectivity index (χ4n) is 4.86. The summed E-state index contributed by atoms with van der Waals surface area (Å²) < 4.78 is 54.8. The summed E-state index contributed by atoms with van der Waals surface area (Å²) >= 11 is 0. The van der Waals surface area contributed by atoms with Gasteiger partial charge in [0.05, 0.1) is 10.6 Å². The minimum absolute atomic E-state index is 0.0260. The lowest BCUT2D eigenvalue weighted by atomic mass is 9.92. The maximum Gasteiger partial charge on any atom is 0.254 e. The molecule has 0 saturated carbocycles. The summed E-state index contributed by atoms with van der Waals surface area (Å²) in [6, 6.07) is 6.33. The van der Waals surface area contributed by atoms with Crippen LogP contribution >= 0.6 is 0 Å². The van der Waals surface area contributed by atoms with Crippen molar-refractivity contribution >= 4 is 27.5 Å².